The Balaban J connectivity index is 1.51. The van der Waals surface area contributed by atoms with Crippen molar-refractivity contribution in [2.24, 2.45) is 0 Å². The fourth-order valence-electron chi connectivity index (χ4n) is 2.58. The molecule has 0 saturated heterocycles. The average Bonchev–Trinajstić information content (AvgIpc) is 3.30. The Bertz CT molecular complexity index is 885. The normalized spacial score (nSPS) is 14.5. The molecule has 0 atom stereocenters. The SMILES string of the molecule is Cc1ccc(C)c(S(=O)(=O)NCCNC(=O)c2cc(C3CC3)[nH]n2)c1. The molecule has 0 radical (unpaired) electrons. The van der Waals surface area contributed by atoms with Crippen LogP contribution in [0.2, 0.25) is 0 Å². The summed E-state index contributed by atoms with van der Waals surface area (Å²) in [6, 6.07) is 7.04. The number of nitrogens with one attached hydrogen (secondary N) is 3. The van der Waals surface area contributed by atoms with Gasteiger partial charge in [0.25, 0.3) is 5.91 Å². The quantitative estimate of drug-likeness (QED) is 0.651. The van der Waals surface area contributed by atoms with Gasteiger partial charge in [-0.3, -0.25) is 9.89 Å². The van der Waals surface area contributed by atoms with Gasteiger partial charge in [0, 0.05) is 24.7 Å². The first kappa shape index (κ1) is 17.6. The molecule has 1 aliphatic carbocycles. The number of aryl methyl sites for hydroxylation is 2. The van der Waals surface area contributed by atoms with Crippen molar-refractivity contribution < 1.29 is 13.2 Å². The van der Waals surface area contributed by atoms with Gasteiger partial charge in [-0.1, -0.05) is 12.1 Å². The number of nitrogens with zero attached hydrogens (tertiary/aromatic N) is 1. The van der Waals surface area contributed by atoms with Crippen LogP contribution in [0.5, 0.6) is 0 Å². The van der Waals surface area contributed by atoms with Crippen molar-refractivity contribution in [3.05, 3.63) is 46.8 Å². The molecule has 8 heteroatoms. The number of aromatic nitrogens is 2. The van der Waals surface area contributed by atoms with Crippen LogP contribution >= 0.6 is 0 Å². The van der Waals surface area contributed by atoms with Crippen molar-refractivity contribution >= 4 is 15.9 Å². The molecular weight excluding hydrogens is 340 g/mol. The van der Waals surface area contributed by atoms with Crippen LogP contribution in [0.3, 0.4) is 0 Å². The fourth-order valence-corrected chi connectivity index (χ4v) is 3.94. The van der Waals surface area contributed by atoms with Crippen molar-refractivity contribution in [2.75, 3.05) is 13.1 Å². The molecule has 1 aliphatic rings. The minimum atomic E-state index is -3.60. The van der Waals surface area contributed by atoms with Gasteiger partial charge in [-0.15, -0.1) is 0 Å². The molecule has 0 spiro atoms. The second-order valence-electron chi connectivity index (χ2n) is 6.41. The lowest BCUT2D eigenvalue weighted by molar-refractivity contribution is 0.0949. The first-order valence-electron chi connectivity index (χ1n) is 8.27. The highest BCUT2D eigenvalue weighted by atomic mass is 32.2. The van der Waals surface area contributed by atoms with Gasteiger partial charge in [0.1, 0.15) is 5.69 Å². The van der Waals surface area contributed by atoms with Crippen LogP contribution in [0.1, 0.15) is 46.1 Å². The molecule has 1 aromatic carbocycles. The predicted octanol–water partition coefficient (Wildman–Crippen LogP) is 1.61. The summed E-state index contributed by atoms with van der Waals surface area (Å²) >= 11 is 0. The summed E-state index contributed by atoms with van der Waals surface area (Å²) in [5, 5.41) is 9.55. The summed E-state index contributed by atoms with van der Waals surface area (Å²) in [6.07, 6.45) is 2.26. The van der Waals surface area contributed by atoms with E-state index in [2.05, 4.69) is 20.2 Å². The monoisotopic (exact) mass is 362 g/mol. The van der Waals surface area contributed by atoms with E-state index in [9.17, 15) is 13.2 Å². The highest BCUT2D eigenvalue weighted by Gasteiger charge is 2.26. The third kappa shape index (κ3) is 4.26. The zero-order chi connectivity index (χ0) is 18.0. The summed E-state index contributed by atoms with van der Waals surface area (Å²) in [5.41, 5.74) is 2.88. The molecule has 1 saturated carbocycles. The standard InChI is InChI=1S/C17H22N4O3S/c1-11-3-4-12(2)16(9-11)25(23,24)19-8-7-18-17(22)15-10-14(20-21-15)13-5-6-13/h3-4,9-10,13,19H,5-8H2,1-2H3,(H,18,22)(H,20,21). The zero-order valence-electron chi connectivity index (χ0n) is 14.3. The van der Waals surface area contributed by atoms with Gasteiger partial charge in [-0.05, 0) is 49.9 Å². The minimum Gasteiger partial charge on any atom is -0.349 e. The van der Waals surface area contributed by atoms with Crippen molar-refractivity contribution in [1.82, 2.24) is 20.2 Å². The molecule has 1 amide bonds. The Morgan fingerprint density at radius 2 is 2.00 bits per heavy atom. The van der Waals surface area contributed by atoms with E-state index in [-0.39, 0.29) is 23.9 Å². The number of sulfonamides is 1. The summed E-state index contributed by atoms with van der Waals surface area (Å²) in [7, 11) is -3.60. The lowest BCUT2D eigenvalue weighted by Gasteiger charge is -2.10. The van der Waals surface area contributed by atoms with Crippen molar-refractivity contribution in [3.63, 3.8) is 0 Å². The first-order valence-corrected chi connectivity index (χ1v) is 9.75. The number of H-pyrrole nitrogens is 1. The van der Waals surface area contributed by atoms with Gasteiger partial charge in [-0.2, -0.15) is 5.10 Å². The summed E-state index contributed by atoms with van der Waals surface area (Å²) in [5.74, 6) is 0.188. The van der Waals surface area contributed by atoms with Crippen LogP contribution in [-0.4, -0.2) is 37.6 Å². The third-order valence-electron chi connectivity index (χ3n) is 4.18. The lowest BCUT2D eigenvalue weighted by Crippen LogP contribution is -2.35. The lowest BCUT2D eigenvalue weighted by atomic mass is 10.2. The maximum absolute atomic E-state index is 12.4. The molecule has 3 N–H and O–H groups in total. The molecule has 0 bridgehead atoms. The maximum Gasteiger partial charge on any atom is 0.271 e. The fraction of sp³-hybridized carbons (Fsp3) is 0.412. The Labute approximate surface area is 147 Å². The molecule has 1 heterocycles. The van der Waals surface area contributed by atoms with Crippen LogP contribution in [0, 0.1) is 13.8 Å². The van der Waals surface area contributed by atoms with Crippen molar-refractivity contribution in [1.29, 1.82) is 0 Å². The maximum atomic E-state index is 12.4. The molecule has 0 unspecified atom stereocenters. The number of carbonyl (C=O) groups excluding carboxylic acids is 1. The molecular formula is C17H22N4O3S. The molecule has 1 fully saturated rings. The highest BCUT2D eigenvalue weighted by Crippen LogP contribution is 2.38. The van der Waals surface area contributed by atoms with Crippen LogP contribution in [0.4, 0.5) is 0 Å². The van der Waals surface area contributed by atoms with Gasteiger partial charge in [0.05, 0.1) is 4.90 Å². The molecule has 25 heavy (non-hydrogen) atoms. The minimum absolute atomic E-state index is 0.112. The van der Waals surface area contributed by atoms with E-state index in [1.807, 2.05) is 13.0 Å². The van der Waals surface area contributed by atoms with E-state index in [1.165, 1.54) is 0 Å². The van der Waals surface area contributed by atoms with E-state index in [0.29, 0.717) is 17.2 Å². The molecule has 1 aromatic heterocycles. The number of rotatable bonds is 7. The van der Waals surface area contributed by atoms with Crippen LogP contribution in [0.15, 0.2) is 29.2 Å². The van der Waals surface area contributed by atoms with Gasteiger partial charge in [0.15, 0.2) is 0 Å². The number of amides is 1. The molecule has 2 aromatic rings. The third-order valence-corrected chi connectivity index (χ3v) is 5.79. The van der Waals surface area contributed by atoms with Crippen LogP contribution < -0.4 is 10.0 Å². The average molecular weight is 362 g/mol. The Morgan fingerprint density at radius 1 is 1.24 bits per heavy atom. The zero-order valence-corrected chi connectivity index (χ0v) is 15.1. The molecule has 0 aliphatic heterocycles. The summed E-state index contributed by atoms with van der Waals surface area (Å²) in [6.45, 7) is 3.90. The van der Waals surface area contributed by atoms with E-state index in [1.54, 1.807) is 25.1 Å². The Hall–Kier alpha value is -2.19. The Kier molecular flexibility index (Phi) is 4.91. The van der Waals surface area contributed by atoms with E-state index in [0.717, 1.165) is 24.1 Å². The molecule has 134 valence electrons. The number of hydrogen-bond donors (Lipinski definition) is 3. The smallest absolute Gasteiger partial charge is 0.271 e. The predicted molar refractivity (Wildman–Crippen MR) is 94.0 cm³/mol. The second-order valence-corrected chi connectivity index (χ2v) is 8.14. The summed E-state index contributed by atoms with van der Waals surface area (Å²) < 4.78 is 27.2. The van der Waals surface area contributed by atoms with Crippen LogP contribution in [-0.2, 0) is 10.0 Å². The molecule has 3 rings (SSSR count). The molecule has 7 nitrogen and oxygen atoms in total. The van der Waals surface area contributed by atoms with E-state index in [4.69, 9.17) is 0 Å². The largest absolute Gasteiger partial charge is 0.349 e. The van der Waals surface area contributed by atoms with Gasteiger partial charge < -0.3 is 5.32 Å². The van der Waals surface area contributed by atoms with Gasteiger partial charge >= 0.3 is 0 Å². The Morgan fingerprint density at radius 3 is 2.72 bits per heavy atom. The van der Waals surface area contributed by atoms with Gasteiger partial charge in [0.2, 0.25) is 10.0 Å². The number of aromatic amines is 1. The first-order chi connectivity index (χ1) is 11.9. The number of carbonyl (C=O) groups is 1. The second kappa shape index (κ2) is 6.97. The van der Waals surface area contributed by atoms with Crippen molar-refractivity contribution in [2.45, 2.75) is 37.5 Å². The highest BCUT2D eigenvalue weighted by molar-refractivity contribution is 7.89. The van der Waals surface area contributed by atoms with Crippen molar-refractivity contribution in [3.8, 4) is 0 Å². The van der Waals surface area contributed by atoms with Crippen LogP contribution in [0.25, 0.3) is 0 Å². The van der Waals surface area contributed by atoms with Gasteiger partial charge in [-0.25, -0.2) is 13.1 Å². The summed E-state index contributed by atoms with van der Waals surface area (Å²) in [4.78, 5) is 12.3. The topological polar surface area (TPSA) is 104 Å². The number of benzene rings is 1. The van der Waals surface area contributed by atoms with E-state index >= 15 is 0 Å². The number of hydrogen-bond acceptors (Lipinski definition) is 4. The van der Waals surface area contributed by atoms with E-state index < -0.39 is 10.0 Å².